The summed E-state index contributed by atoms with van der Waals surface area (Å²) in [6.07, 6.45) is 3.93. The highest BCUT2D eigenvalue weighted by atomic mass is 35.5. The van der Waals surface area contributed by atoms with Gasteiger partial charge in [0.05, 0.1) is 36.1 Å². The summed E-state index contributed by atoms with van der Waals surface area (Å²) < 4.78 is 54.5. The van der Waals surface area contributed by atoms with Crippen molar-refractivity contribution in [2.75, 3.05) is 38.7 Å². The number of carbonyl (C=O) groups is 1. The van der Waals surface area contributed by atoms with Crippen molar-refractivity contribution in [2.45, 2.75) is 60.4 Å². The number of hydrogen-bond donors (Lipinski definition) is 4. The Labute approximate surface area is 274 Å². The normalized spacial score (nSPS) is 22.2. The molecule has 0 spiro atoms. The van der Waals surface area contributed by atoms with E-state index >= 15 is 4.39 Å². The molecular formula is C33H41ClFN5O5S. The number of halogens is 2. The summed E-state index contributed by atoms with van der Waals surface area (Å²) >= 11 is 6.14. The van der Waals surface area contributed by atoms with Crippen LogP contribution in [0.25, 0.3) is 0 Å². The van der Waals surface area contributed by atoms with Crippen LogP contribution in [-0.4, -0.2) is 69.7 Å². The van der Waals surface area contributed by atoms with Gasteiger partial charge in [-0.1, -0.05) is 23.7 Å². The van der Waals surface area contributed by atoms with Crippen molar-refractivity contribution in [1.82, 2.24) is 15.6 Å². The largest absolute Gasteiger partial charge is 0.497 e. The summed E-state index contributed by atoms with van der Waals surface area (Å²) in [7, 11) is -2.46. The van der Waals surface area contributed by atoms with Crippen LogP contribution in [0.15, 0.2) is 65.8 Å². The van der Waals surface area contributed by atoms with Crippen molar-refractivity contribution in [1.29, 1.82) is 0 Å². The first kappa shape index (κ1) is 34.2. The Morgan fingerprint density at radius 3 is 2.52 bits per heavy atom. The molecule has 2 aliphatic rings. The van der Waals surface area contributed by atoms with E-state index in [2.05, 4.69) is 20.9 Å². The number of ether oxygens (including phenoxy) is 2. The monoisotopic (exact) mass is 673 g/mol. The zero-order valence-corrected chi connectivity index (χ0v) is 27.5. The molecule has 4 atom stereocenters. The summed E-state index contributed by atoms with van der Waals surface area (Å²) in [6, 6.07) is 12.4. The van der Waals surface area contributed by atoms with Crippen LogP contribution in [-0.2, 0) is 25.8 Å². The molecule has 13 heteroatoms. The molecule has 5 N–H and O–H groups in total. The lowest BCUT2D eigenvalue weighted by atomic mass is 9.76. The maximum absolute atomic E-state index is 15.4. The maximum atomic E-state index is 15.4. The van der Waals surface area contributed by atoms with Gasteiger partial charge in [0.15, 0.2) is 9.84 Å². The van der Waals surface area contributed by atoms with Gasteiger partial charge in [0.1, 0.15) is 16.4 Å². The molecule has 0 radical (unpaired) electrons. The third kappa shape index (κ3) is 7.37. The maximum Gasteiger partial charge on any atom is 0.241 e. The molecule has 46 heavy (non-hydrogen) atoms. The second-order valence-corrected chi connectivity index (χ2v) is 14.7. The topological polar surface area (TPSA) is 145 Å². The summed E-state index contributed by atoms with van der Waals surface area (Å²) in [5.41, 5.74) is 7.84. The number of nitrogens with one attached hydrogen (secondary N) is 3. The van der Waals surface area contributed by atoms with Crippen molar-refractivity contribution in [3.8, 4) is 5.75 Å². The molecule has 2 aliphatic heterocycles. The highest BCUT2D eigenvalue weighted by Gasteiger charge is 2.47. The molecule has 248 valence electrons. The molecule has 1 aromatic heterocycles. The lowest BCUT2D eigenvalue weighted by Gasteiger charge is -2.41. The fourth-order valence-corrected chi connectivity index (χ4v) is 8.64. The first-order chi connectivity index (χ1) is 22.0. The quantitative estimate of drug-likeness (QED) is 0.237. The number of anilines is 1. The summed E-state index contributed by atoms with van der Waals surface area (Å²) in [6.45, 7) is 3.72. The fraction of sp³-hybridized carbons (Fsp3) is 0.455. The van der Waals surface area contributed by atoms with Crippen LogP contribution < -0.4 is 26.4 Å². The van der Waals surface area contributed by atoms with E-state index in [0.29, 0.717) is 30.5 Å². The van der Waals surface area contributed by atoms with E-state index in [9.17, 15) is 13.2 Å². The molecule has 0 bridgehead atoms. The smallest absolute Gasteiger partial charge is 0.241 e. The van der Waals surface area contributed by atoms with Crippen LogP contribution in [0.3, 0.4) is 0 Å². The third-order valence-corrected chi connectivity index (χ3v) is 11.7. The Hall–Kier alpha value is -3.13. The van der Waals surface area contributed by atoms with Gasteiger partial charge in [-0.3, -0.25) is 15.1 Å². The average Bonchev–Trinajstić information content (AvgIpc) is 3.06. The van der Waals surface area contributed by atoms with Crippen molar-refractivity contribution in [3.05, 3.63) is 82.9 Å². The predicted octanol–water partition coefficient (Wildman–Crippen LogP) is 4.04. The number of methoxy groups -OCH3 is 1. The minimum absolute atomic E-state index is 0.00341. The Balaban J connectivity index is 1.41. The number of carbonyl (C=O) groups excluding carboxylic acids is 1. The second-order valence-electron chi connectivity index (χ2n) is 12.0. The molecule has 0 unspecified atom stereocenters. The Kier molecular flexibility index (Phi) is 11.0. The van der Waals surface area contributed by atoms with Crippen LogP contribution in [0.1, 0.15) is 43.2 Å². The molecule has 3 heterocycles. The van der Waals surface area contributed by atoms with Gasteiger partial charge in [0.2, 0.25) is 5.91 Å². The molecule has 0 saturated carbocycles. The van der Waals surface area contributed by atoms with Gasteiger partial charge in [-0.25, -0.2) is 12.8 Å². The molecule has 2 aromatic carbocycles. The van der Waals surface area contributed by atoms with Gasteiger partial charge in [0.25, 0.3) is 0 Å². The molecule has 10 nitrogen and oxygen atoms in total. The fourth-order valence-electron chi connectivity index (χ4n) is 6.55. The zero-order chi connectivity index (χ0) is 32.9. The van der Waals surface area contributed by atoms with Crippen LogP contribution in [0, 0.1) is 11.7 Å². The van der Waals surface area contributed by atoms with Gasteiger partial charge in [-0.2, -0.15) is 0 Å². The van der Waals surface area contributed by atoms with Gasteiger partial charge in [-0.05, 0) is 80.5 Å². The molecule has 2 fully saturated rings. The Morgan fingerprint density at radius 1 is 1.17 bits per heavy atom. The SMILES string of the molecule is COc1ccc(S(=O)(=O)[C@@]2(CCc3c(F)cncc3NC(=O)[C@@H](N)[C@@H](c3ccc(Cl)cc3)C3CCOCC3)CNC[C@H](C)N2)cc1. The number of nitrogens with zero attached hydrogens (tertiary/aromatic N) is 1. The van der Waals surface area contributed by atoms with Crippen molar-refractivity contribution in [3.63, 3.8) is 0 Å². The summed E-state index contributed by atoms with van der Waals surface area (Å²) in [5, 5.41) is 9.91. The molecule has 0 aliphatic carbocycles. The van der Waals surface area contributed by atoms with Gasteiger partial charge in [0, 0.05) is 48.8 Å². The number of sulfone groups is 1. The minimum atomic E-state index is -3.97. The number of rotatable bonds is 11. The molecular weight excluding hydrogens is 633 g/mol. The number of nitrogens with two attached hydrogens (primary N) is 1. The van der Waals surface area contributed by atoms with E-state index in [1.54, 1.807) is 24.3 Å². The second kappa shape index (κ2) is 14.7. The predicted molar refractivity (Wildman–Crippen MR) is 175 cm³/mol. The zero-order valence-electron chi connectivity index (χ0n) is 26.0. The number of hydrogen-bond acceptors (Lipinski definition) is 9. The minimum Gasteiger partial charge on any atom is -0.497 e. The lowest BCUT2D eigenvalue weighted by Crippen LogP contribution is -2.66. The standard InChI is InChI=1S/C33H41ClFN5O5S/c1-21-17-38-20-33(40-21,46(42,43)26-9-7-25(44-2)8-10-26)14-11-27-28(35)18-37-19-29(27)39-32(41)31(36)30(23-12-15-45-16-13-23)22-3-5-24(34)6-4-22/h3-10,18-19,21,23,30-31,38,40H,11-17,20,36H2,1-2H3,(H,39,41)/t21-,30-,31-,33-/m0/s1. The lowest BCUT2D eigenvalue weighted by molar-refractivity contribution is -0.118. The van der Waals surface area contributed by atoms with Crippen LogP contribution in [0.5, 0.6) is 5.75 Å². The first-order valence-corrected chi connectivity index (χ1v) is 17.3. The van der Waals surface area contributed by atoms with E-state index in [0.717, 1.165) is 24.6 Å². The van der Waals surface area contributed by atoms with Crippen LogP contribution in [0.4, 0.5) is 10.1 Å². The Bertz CT molecular complexity index is 1610. The first-order valence-electron chi connectivity index (χ1n) is 15.4. The van der Waals surface area contributed by atoms with Crippen molar-refractivity contribution < 1.29 is 27.1 Å². The van der Waals surface area contributed by atoms with E-state index < -0.39 is 32.5 Å². The van der Waals surface area contributed by atoms with E-state index in [4.69, 9.17) is 26.8 Å². The van der Waals surface area contributed by atoms with Gasteiger partial charge >= 0.3 is 0 Å². The average molecular weight is 674 g/mol. The number of aromatic nitrogens is 1. The highest BCUT2D eigenvalue weighted by Crippen LogP contribution is 2.36. The number of benzene rings is 2. The molecule has 2 saturated heterocycles. The molecule has 1 amide bonds. The molecule has 5 rings (SSSR count). The van der Waals surface area contributed by atoms with Gasteiger partial charge < -0.3 is 25.8 Å². The Morgan fingerprint density at radius 2 is 1.87 bits per heavy atom. The van der Waals surface area contributed by atoms with Gasteiger partial charge in [-0.15, -0.1) is 0 Å². The van der Waals surface area contributed by atoms with Crippen LogP contribution in [0.2, 0.25) is 5.02 Å². The van der Waals surface area contributed by atoms with E-state index in [-0.39, 0.29) is 53.4 Å². The highest BCUT2D eigenvalue weighted by molar-refractivity contribution is 7.92. The summed E-state index contributed by atoms with van der Waals surface area (Å²) in [5.74, 6) is -0.854. The summed E-state index contributed by atoms with van der Waals surface area (Å²) in [4.78, 5) is 16.4. The number of piperazine rings is 1. The molecule has 3 aromatic rings. The van der Waals surface area contributed by atoms with Crippen LogP contribution >= 0.6 is 11.6 Å². The van der Waals surface area contributed by atoms with E-state index in [1.165, 1.54) is 25.4 Å². The number of amides is 1. The van der Waals surface area contributed by atoms with Crippen molar-refractivity contribution in [2.24, 2.45) is 11.7 Å². The third-order valence-electron chi connectivity index (χ3n) is 9.01. The van der Waals surface area contributed by atoms with E-state index in [1.807, 2.05) is 19.1 Å². The number of pyridine rings is 1. The van der Waals surface area contributed by atoms with Crippen molar-refractivity contribution >= 4 is 33.0 Å².